The maximum atomic E-state index is 12.8. The van der Waals surface area contributed by atoms with E-state index in [1.54, 1.807) is 13.8 Å². The molecule has 0 aromatic rings. The lowest BCUT2D eigenvalue weighted by atomic mass is 9.94. The SMILES string of the molecule is CC(C)(C#N)C(=O)NC1CCC(F)C1. The zero-order valence-corrected chi connectivity index (χ0v) is 8.51. The van der Waals surface area contributed by atoms with Crippen LogP contribution in [0.2, 0.25) is 0 Å². The van der Waals surface area contributed by atoms with Crippen LogP contribution in [0.25, 0.3) is 0 Å². The van der Waals surface area contributed by atoms with Gasteiger partial charge in [-0.2, -0.15) is 5.26 Å². The third kappa shape index (κ3) is 2.44. The van der Waals surface area contributed by atoms with E-state index < -0.39 is 11.6 Å². The number of hydrogen-bond donors (Lipinski definition) is 1. The molecule has 2 atom stereocenters. The molecular weight excluding hydrogens is 183 g/mol. The Kier molecular flexibility index (Phi) is 3.10. The highest BCUT2D eigenvalue weighted by molar-refractivity contribution is 5.84. The fourth-order valence-electron chi connectivity index (χ4n) is 1.47. The summed E-state index contributed by atoms with van der Waals surface area (Å²) < 4.78 is 12.8. The van der Waals surface area contributed by atoms with Gasteiger partial charge in [0.1, 0.15) is 11.6 Å². The van der Waals surface area contributed by atoms with Gasteiger partial charge in [0.15, 0.2) is 0 Å². The fraction of sp³-hybridized carbons (Fsp3) is 0.800. The van der Waals surface area contributed by atoms with Crippen molar-refractivity contribution in [1.29, 1.82) is 5.26 Å². The zero-order valence-electron chi connectivity index (χ0n) is 8.51. The average Bonchev–Trinajstić information content (AvgIpc) is 2.51. The Morgan fingerprint density at radius 3 is 2.64 bits per heavy atom. The van der Waals surface area contributed by atoms with Gasteiger partial charge in [-0.05, 0) is 33.1 Å². The molecule has 2 unspecified atom stereocenters. The van der Waals surface area contributed by atoms with E-state index in [9.17, 15) is 9.18 Å². The van der Waals surface area contributed by atoms with Gasteiger partial charge in [0, 0.05) is 6.04 Å². The van der Waals surface area contributed by atoms with E-state index in [0.29, 0.717) is 19.3 Å². The van der Waals surface area contributed by atoms with Crippen molar-refractivity contribution in [2.75, 3.05) is 0 Å². The van der Waals surface area contributed by atoms with E-state index in [1.807, 2.05) is 6.07 Å². The monoisotopic (exact) mass is 198 g/mol. The molecule has 3 nitrogen and oxygen atoms in total. The summed E-state index contributed by atoms with van der Waals surface area (Å²) in [6, 6.07) is 1.83. The topological polar surface area (TPSA) is 52.9 Å². The lowest BCUT2D eigenvalue weighted by Crippen LogP contribution is -2.41. The number of halogens is 1. The van der Waals surface area contributed by atoms with Gasteiger partial charge in [-0.25, -0.2) is 4.39 Å². The Labute approximate surface area is 83.3 Å². The van der Waals surface area contributed by atoms with E-state index in [0.717, 1.165) is 0 Å². The van der Waals surface area contributed by atoms with Gasteiger partial charge in [0.2, 0.25) is 5.91 Å². The molecule has 1 aliphatic carbocycles. The molecule has 14 heavy (non-hydrogen) atoms. The fourth-order valence-corrected chi connectivity index (χ4v) is 1.47. The van der Waals surface area contributed by atoms with Crippen molar-refractivity contribution < 1.29 is 9.18 Å². The molecule has 0 aliphatic heterocycles. The summed E-state index contributed by atoms with van der Waals surface area (Å²) in [5.41, 5.74) is -1.02. The Bertz CT molecular complexity index is 270. The summed E-state index contributed by atoms with van der Waals surface area (Å²) in [7, 11) is 0. The molecule has 0 heterocycles. The summed E-state index contributed by atoms with van der Waals surface area (Å²) in [5, 5.41) is 11.4. The minimum absolute atomic E-state index is 0.0925. The van der Waals surface area contributed by atoms with Crippen molar-refractivity contribution in [2.45, 2.75) is 45.3 Å². The van der Waals surface area contributed by atoms with Gasteiger partial charge in [0.25, 0.3) is 0 Å². The van der Waals surface area contributed by atoms with Crippen LogP contribution in [0.4, 0.5) is 4.39 Å². The summed E-state index contributed by atoms with van der Waals surface area (Å²) >= 11 is 0. The third-order valence-electron chi connectivity index (χ3n) is 2.55. The van der Waals surface area contributed by atoms with Crippen molar-refractivity contribution in [3.05, 3.63) is 0 Å². The quantitative estimate of drug-likeness (QED) is 0.731. The van der Waals surface area contributed by atoms with Crippen molar-refractivity contribution in [3.8, 4) is 6.07 Å². The van der Waals surface area contributed by atoms with E-state index in [1.165, 1.54) is 0 Å². The number of nitrogens with one attached hydrogen (secondary N) is 1. The first-order valence-electron chi connectivity index (χ1n) is 4.82. The van der Waals surface area contributed by atoms with Crippen molar-refractivity contribution >= 4 is 5.91 Å². The molecule has 0 radical (unpaired) electrons. The molecule has 0 aromatic carbocycles. The van der Waals surface area contributed by atoms with Crippen LogP contribution in [-0.2, 0) is 4.79 Å². The standard InChI is InChI=1S/C10H15FN2O/c1-10(2,6-12)9(14)13-8-4-3-7(11)5-8/h7-8H,3-5H2,1-2H3,(H,13,14). The minimum Gasteiger partial charge on any atom is -0.352 e. The predicted octanol–water partition coefficient (Wildman–Crippen LogP) is 1.54. The lowest BCUT2D eigenvalue weighted by Gasteiger charge is -2.18. The van der Waals surface area contributed by atoms with E-state index in [2.05, 4.69) is 5.32 Å². The number of hydrogen-bond acceptors (Lipinski definition) is 2. The van der Waals surface area contributed by atoms with Crippen LogP contribution in [0, 0.1) is 16.7 Å². The molecule has 0 bridgehead atoms. The molecule has 1 aliphatic rings. The Hall–Kier alpha value is -1.11. The van der Waals surface area contributed by atoms with Crippen LogP contribution in [-0.4, -0.2) is 18.1 Å². The zero-order chi connectivity index (χ0) is 10.8. The number of alkyl halides is 1. The smallest absolute Gasteiger partial charge is 0.240 e. The number of carbonyl (C=O) groups is 1. The van der Waals surface area contributed by atoms with Gasteiger partial charge in [-0.3, -0.25) is 4.79 Å². The second kappa shape index (κ2) is 3.95. The molecule has 1 amide bonds. The van der Waals surface area contributed by atoms with Gasteiger partial charge in [-0.1, -0.05) is 0 Å². The Morgan fingerprint density at radius 1 is 1.57 bits per heavy atom. The van der Waals surface area contributed by atoms with Gasteiger partial charge in [0.05, 0.1) is 6.07 Å². The molecule has 1 fully saturated rings. The third-order valence-corrected chi connectivity index (χ3v) is 2.55. The first-order valence-corrected chi connectivity index (χ1v) is 4.82. The number of nitrogens with zero attached hydrogens (tertiary/aromatic N) is 1. The van der Waals surface area contributed by atoms with Crippen LogP contribution in [0.3, 0.4) is 0 Å². The lowest BCUT2D eigenvalue weighted by molar-refractivity contribution is -0.127. The maximum Gasteiger partial charge on any atom is 0.240 e. The van der Waals surface area contributed by atoms with E-state index in [4.69, 9.17) is 5.26 Å². The molecule has 4 heteroatoms. The van der Waals surface area contributed by atoms with Gasteiger partial charge < -0.3 is 5.32 Å². The maximum absolute atomic E-state index is 12.8. The Morgan fingerprint density at radius 2 is 2.21 bits per heavy atom. The molecule has 0 spiro atoms. The first-order chi connectivity index (χ1) is 6.45. The highest BCUT2D eigenvalue weighted by atomic mass is 19.1. The van der Waals surface area contributed by atoms with Gasteiger partial charge in [-0.15, -0.1) is 0 Å². The summed E-state index contributed by atoms with van der Waals surface area (Å²) in [4.78, 5) is 11.5. The molecule has 1 N–H and O–H groups in total. The van der Waals surface area contributed by atoms with Crippen molar-refractivity contribution in [2.24, 2.45) is 5.41 Å². The van der Waals surface area contributed by atoms with Crippen LogP contribution >= 0.6 is 0 Å². The summed E-state index contributed by atoms with van der Waals surface area (Å²) in [6.07, 6.45) is 0.769. The number of amides is 1. The normalized spacial score (nSPS) is 27.0. The number of nitriles is 1. The van der Waals surface area contributed by atoms with Crippen LogP contribution < -0.4 is 5.32 Å². The van der Waals surface area contributed by atoms with Crippen molar-refractivity contribution in [3.63, 3.8) is 0 Å². The predicted molar refractivity (Wildman–Crippen MR) is 50.1 cm³/mol. The van der Waals surface area contributed by atoms with E-state index >= 15 is 0 Å². The Balaban J connectivity index is 2.46. The summed E-state index contributed by atoms with van der Waals surface area (Å²) in [5.74, 6) is -0.306. The molecule has 0 saturated heterocycles. The average molecular weight is 198 g/mol. The molecule has 1 rings (SSSR count). The molecular formula is C10H15FN2O. The van der Waals surface area contributed by atoms with Crippen LogP contribution in [0.1, 0.15) is 33.1 Å². The number of rotatable bonds is 2. The molecule has 0 aromatic heterocycles. The molecule has 1 saturated carbocycles. The molecule has 78 valence electrons. The van der Waals surface area contributed by atoms with Gasteiger partial charge >= 0.3 is 0 Å². The van der Waals surface area contributed by atoms with Crippen LogP contribution in [0.15, 0.2) is 0 Å². The minimum atomic E-state index is -1.02. The highest BCUT2D eigenvalue weighted by Crippen LogP contribution is 2.23. The summed E-state index contributed by atoms with van der Waals surface area (Å²) in [6.45, 7) is 3.12. The van der Waals surface area contributed by atoms with Crippen LogP contribution in [0.5, 0.6) is 0 Å². The second-order valence-electron chi connectivity index (χ2n) is 4.32. The number of carbonyl (C=O) groups excluding carboxylic acids is 1. The first kappa shape index (κ1) is 11.0. The van der Waals surface area contributed by atoms with E-state index in [-0.39, 0.29) is 11.9 Å². The highest BCUT2D eigenvalue weighted by Gasteiger charge is 2.32. The largest absolute Gasteiger partial charge is 0.352 e. The van der Waals surface area contributed by atoms with Crippen molar-refractivity contribution in [1.82, 2.24) is 5.32 Å². The second-order valence-corrected chi connectivity index (χ2v) is 4.32.